The van der Waals surface area contributed by atoms with Crippen LogP contribution in [-0.4, -0.2) is 43.5 Å². The van der Waals surface area contributed by atoms with Crippen molar-refractivity contribution >= 4 is 39.6 Å². The number of aliphatic carboxylic acids is 1. The normalized spacial score (nSPS) is 12.9. The van der Waals surface area contributed by atoms with Gasteiger partial charge in [0.15, 0.2) is 0 Å². The molecule has 0 fully saturated rings. The van der Waals surface area contributed by atoms with Crippen LogP contribution in [0.5, 0.6) is 0 Å². The van der Waals surface area contributed by atoms with E-state index in [-0.39, 0.29) is 11.8 Å². The van der Waals surface area contributed by atoms with E-state index in [0.29, 0.717) is 11.1 Å². The van der Waals surface area contributed by atoms with E-state index in [1.807, 2.05) is 18.2 Å². The molecular formula is C23H21N5O6. The van der Waals surface area contributed by atoms with Gasteiger partial charge >= 0.3 is 11.7 Å². The average Bonchev–Trinajstić information content (AvgIpc) is 3.20. The van der Waals surface area contributed by atoms with Crippen LogP contribution in [0.3, 0.4) is 0 Å². The number of benzene rings is 2. The van der Waals surface area contributed by atoms with Crippen LogP contribution in [-0.2, 0) is 20.8 Å². The lowest BCUT2D eigenvalue weighted by molar-refractivity contribution is -0.143. The van der Waals surface area contributed by atoms with Crippen molar-refractivity contribution in [1.29, 1.82) is 0 Å². The Morgan fingerprint density at radius 3 is 2.32 bits per heavy atom. The highest BCUT2D eigenvalue weighted by Crippen LogP contribution is 2.22. The van der Waals surface area contributed by atoms with E-state index >= 15 is 0 Å². The number of fused-ring (bicyclic) bond motifs is 2. The number of para-hydroxylation sites is 2. The van der Waals surface area contributed by atoms with Gasteiger partial charge in [-0.2, -0.15) is 0 Å². The van der Waals surface area contributed by atoms with Gasteiger partial charge in [0.25, 0.3) is 5.56 Å². The summed E-state index contributed by atoms with van der Waals surface area (Å²) < 4.78 is 0.766. The van der Waals surface area contributed by atoms with E-state index in [1.54, 1.807) is 30.5 Å². The van der Waals surface area contributed by atoms with E-state index in [9.17, 15) is 29.1 Å². The predicted octanol–water partition coefficient (Wildman–Crippen LogP) is 0.400. The van der Waals surface area contributed by atoms with E-state index < -0.39 is 47.5 Å². The first-order chi connectivity index (χ1) is 16.3. The zero-order valence-electron chi connectivity index (χ0n) is 17.8. The molecule has 2 heterocycles. The third kappa shape index (κ3) is 4.31. The molecule has 0 aliphatic rings. The maximum Gasteiger partial charge on any atom is 0.329 e. The van der Waals surface area contributed by atoms with Gasteiger partial charge in [-0.25, -0.2) is 14.2 Å². The van der Waals surface area contributed by atoms with E-state index in [1.165, 1.54) is 6.07 Å². The molecule has 0 saturated heterocycles. The van der Waals surface area contributed by atoms with Gasteiger partial charge in [0, 0.05) is 23.5 Å². The third-order valence-corrected chi connectivity index (χ3v) is 5.56. The Kier molecular flexibility index (Phi) is 6.00. The highest BCUT2D eigenvalue weighted by Gasteiger charge is 2.30. The maximum absolute atomic E-state index is 13.3. The molecule has 174 valence electrons. The number of primary amides is 1. The fourth-order valence-electron chi connectivity index (χ4n) is 3.94. The molecule has 0 radical (unpaired) electrons. The van der Waals surface area contributed by atoms with Gasteiger partial charge in [-0.3, -0.25) is 14.4 Å². The minimum absolute atomic E-state index is 0.0971. The first kappa shape index (κ1) is 22.5. The molecular weight excluding hydrogens is 442 g/mol. The summed E-state index contributed by atoms with van der Waals surface area (Å²) in [4.78, 5) is 68.0. The Morgan fingerprint density at radius 2 is 1.65 bits per heavy atom. The number of carbonyl (C=O) groups excluding carboxylic acids is 2. The zero-order chi connectivity index (χ0) is 24.4. The SMILES string of the molecule is NC(=O)C[C@H](NC(=O)[C@H](Cc1c[nH]c2ccccc12)n1c(=O)[nH]c2ccccc2c1=O)C(=O)O. The highest BCUT2D eigenvalue weighted by molar-refractivity contribution is 5.90. The van der Waals surface area contributed by atoms with Gasteiger partial charge in [-0.15, -0.1) is 0 Å². The molecule has 0 saturated carbocycles. The molecule has 2 atom stereocenters. The Hall–Kier alpha value is -4.67. The number of H-pyrrole nitrogens is 2. The third-order valence-electron chi connectivity index (χ3n) is 5.56. The Bertz CT molecular complexity index is 1530. The minimum Gasteiger partial charge on any atom is -0.480 e. The van der Waals surface area contributed by atoms with E-state index in [2.05, 4.69) is 15.3 Å². The number of amides is 2. The minimum atomic E-state index is -1.62. The number of carbonyl (C=O) groups is 3. The van der Waals surface area contributed by atoms with Crippen molar-refractivity contribution in [1.82, 2.24) is 19.9 Å². The number of aromatic nitrogens is 3. The van der Waals surface area contributed by atoms with E-state index in [4.69, 9.17) is 5.73 Å². The molecule has 11 nitrogen and oxygen atoms in total. The van der Waals surface area contributed by atoms with Crippen LogP contribution < -0.4 is 22.3 Å². The number of nitrogens with two attached hydrogens (primary N) is 1. The second kappa shape index (κ2) is 9.06. The van der Waals surface area contributed by atoms with Crippen LogP contribution in [0.15, 0.2) is 64.3 Å². The molecule has 0 aliphatic carbocycles. The summed E-state index contributed by atoms with van der Waals surface area (Å²) >= 11 is 0. The number of rotatable bonds is 8. The molecule has 34 heavy (non-hydrogen) atoms. The van der Waals surface area contributed by atoms with Gasteiger partial charge in [-0.05, 0) is 23.8 Å². The van der Waals surface area contributed by atoms with Gasteiger partial charge < -0.3 is 26.1 Å². The predicted molar refractivity (Wildman–Crippen MR) is 123 cm³/mol. The van der Waals surface area contributed by atoms with Crippen LogP contribution in [0, 0.1) is 0 Å². The molecule has 0 unspecified atom stereocenters. The van der Waals surface area contributed by atoms with Gasteiger partial charge in [0.05, 0.1) is 17.3 Å². The van der Waals surface area contributed by atoms with Crippen molar-refractivity contribution < 1.29 is 19.5 Å². The number of nitrogens with zero attached hydrogens (tertiary/aromatic N) is 1. The summed E-state index contributed by atoms with van der Waals surface area (Å²) in [5, 5.41) is 12.6. The Balaban J connectivity index is 1.83. The molecule has 0 aliphatic heterocycles. The topological polar surface area (TPSA) is 180 Å². The average molecular weight is 463 g/mol. The summed E-state index contributed by atoms with van der Waals surface area (Å²) in [6, 6.07) is 10.6. The number of carboxylic acids is 1. The lowest BCUT2D eigenvalue weighted by Crippen LogP contribution is -2.50. The molecule has 2 aromatic carbocycles. The van der Waals surface area contributed by atoms with Crippen LogP contribution in [0.2, 0.25) is 0 Å². The van der Waals surface area contributed by atoms with Crippen LogP contribution in [0.25, 0.3) is 21.8 Å². The zero-order valence-corrected chi connectivity index (χ0v) is 17.8. The molecule has 4 aromatic rings. The number of hydrogen-bond acceptors (Lipinski definition) is 5. The van der Waals surface area contributed by atoms with Crippen molar-refractivity contribution in [3.8, 4) is 0 Å². The summed E-state index contributed by atoms with van der Waals surface area (Å²) in [6.07, 6.45) is 0.910. The van der Waals surface area contributed by atoms with E-state index in [0.717, 1.165) is 15.5 Å². The standard InChI is InChI=1S/C23H21N5O6/c24-19(29)10-17(22(32)33)26-20(30)18(9-12-11-25-15-7-3-1-5-13(12)15)28-21(31)14-6-2-4-8-16(14)27-23(28)34/h1-8,11,17-18,25H,9-10H2,(H2,24,29)(H,26,30)(H,27,34)(H,32,33)/t17-,18-/m0/s1. The second-order valence-electron chi connectivity index (χ2n) is 7.80. The fraction of sp³-hybridized carbons (Fsp3) is 0.174. The van der Waals surface area contributed by atoms with Gasteiger partial charge in [0.1, 0.15) is 12.1 Å². The quantitative estimate of drug-likeness (QED) is 0.252. The monoisotopic (exact) mass is 463 g/mol. The summed E-state index contributed by atoms with van der Waals surface area (Å²) in [7, 11) is 0. The fourth-order valence-corrected chi connectivity index (χ4v) is 3.94. The summed E-state index contributed by atoms with van der Waals surface area (Å²) in [6.45, 7) is 0. The molecule has 0 spiro atoms. The Morgan fingerprint density at radius 1 is 1.00 bits per heavy atom. The highest BCUT2D eigenvalue weighted by atomic mass is 16.4. The largest absolute Gasteiger partial charge is 0.480 e. The van der Waals surface area contributed by atoms with Crippen LogP contribution in [0.4, 0.5) is 0 Å². The second-order valence-corrected chi connectivity index (χ2v) is 7.80. The van der Waals surface area contributed by atoms with Crippen LogP contribution in [0.1, 0.15) is 18.0 Å². The van der Waals surface area contributed by atoms with Crippen molar-refractivity contribution in [2.24, 2.45) is 5.73 Å². The number of aromatic amines is 2. The molecule has 0 bridgehead atoms. The summed E-state index contributed by atoms with van der Waals surface area (Å²) in [5.74, 6) is -3.32. The molecule has 11 heteroatoms. The van der Waals surface area contributed by atoms with Crippen molar-refractivity contribution in [2.75, 3.05) is 0 Å². The van der Waals surface area contributed by atoms with Crippen molar-refractivity contribution in [3.63, 3.8) is 0 Å². The van der Waals surface area contributed by atoms with Crippen molar-refractivity contribution in [3.05, 3.63) is 81.1 Å². The maximum atomic E-state index is 13.3. The van der Waals surface area contributed by atoms with Gasteiger partial charge in [-0.1, -0.05) is 30.3 Å². The molecule has 4 rings (SSSR count). The lowest BCUT2D eigenvalue weighted by Gasteiger charge is -2.21. The molecule has 2 amide bonds. The molecule has 6 N–H and O–H groups in total. The number of carboxylic acid groups (broad SMARTS) is 1. The smallest absolute Gasteiger partial charge is 0.329 e. The van der Waals surface area contributed by atoms with Crippen molar-refractivity contribution in [2.45, 2.75) is 24.9 Å². The Labute approximate surface area is 191 Å². The number of hydrogen-bond donors (Lipinski definition) is 5. The first-order valence-corrected chi connectivity index (χ1v) is 10.4. The molecule has 2 aromatic heterocycles. The number of nitrogens with one attached hydrogen (secondary N) is 3. The lowest BCUT2D eigenvalue weighted by atomic mass is 10.0. The summed E-state index contributed by atoms with van der Waals surface area (Å²) in [5.41, 5.74) is 5.30. The van der Waals surface area contributed by atoms with Gasteiger partial charge in [0.2, 0.25) is 11.8 Å². The first-order valence-electron chi connectivity index (χ1n) is 10.4. The van der Waals surface area contributed by atoms with Crippen LogP contribution >= 0.6 is 0 Å².